The van der Waals surface area contributed by atoms with Crippen LogP contribution in [0.4, 0.5) is 0 Å². The van der Waals surface area contributed by atoms with E-state index in [0.717, 1.165) is 22.9 Å². The summed E-state index contributed by atoms with van der Waals surface area (Å²) >= 11 is 3.48. The molecule has 2 rings (SSSR count). The van der Waals surface area contributed by atoms with Gasteiger partial charge in [-0.25, -0.2) is 0 Å². The SMILES string of the molecule is N/C(=N\O)C1(c2ccccc2Br)CC1. The van der Waals surface area contributed by atoms with E-state index < -0.39 is 0 Å². The molecule has 3 nitrogen and oxygen atoms in total. The highest BCUT2D eigenvalue weighted by atomic mass is 79.9. The average Bonchev–Trinajstić information content (AvgIpc) is 2.98. The second-order valence-corrected chi connectivity index (χ2v) is 4.40. The molecule has 0 aromatic heterocycles. The summed E-state index contributed by atoms with van der Waals surface area (Å²) in [6.07, 6.45) is 1.90. The fourth-order valence-corrected chi connectivity index (χ4v) is 2.40. The second kappa shape index (κ2) is 3.28. The molecule has 0 spiro atoms. The summed E-state index contributed by atoms with van der Waals surface area (Å²) in [5, 5.41) is 11.8. The first kappa shape index (κ1) is 9.52. The smallest absolute Gasteiger partial charge is 0.149 e. The Labute approximate surface area is 90.7 Å². The minimum absolute atomic E-state index is 0.227. The zero-order valence-corrected chi connectivity index (χ0v) is 9.16. The monoisotopic (exact) mass is 254 g/mol. The zero-order chi connectivity index (χ0) is 10.2. The molecule has 0 radical (unpaired) electrons. The molecule has 0 saturated heterocycles. The Kier molecular flexibility index (Phi) is 2.23. The number of nitrogens with zero attached hydrogens (tertiary/aromatic N) is 1. The van der Waals surface area contributed by atoms with Crippen LogP contribution in [0.25, 0.3) is 0 Å². The van der Waals surface area contributed by atoms with Gasteiger partial charge in [0, 0.05) is 4.47 Å². The Morgan fingerprint density at radius 1 is 1.43 bits per heavy atom. The molecule has 1 saturated carbocycles. The summed E-state index contributed by atoms with van der Waals surface area (Å²) in [6, 6.07) is 7.90. The Morgan fingerprint density at radius 3 is 2.57 bits per heavy atom. The van der Waals surface area contributed by atoms with Crippen LogP contribution in [0.5, 0.6) is 0 Å². The van der Waals surface area contributed by atoms with Gasteiger partial charge in [-0.2, -0.15) is 0 Å². The molecule has 0 bridgehead atoms. The highest BCUT2D eigenvalue weighted by Gasteiger charge is 2.49. The third-order valence-electron chi connectivity index (χ3n) is 2.74. The molecule has 3 N–H and O–H groups in total. The lowest BCUT2D eigenvalue weighted by Crippen LogP contribution is -2.29. The summed E-state index contributed by atoms with van der Waals surface area (Å²) < 4.78 is 1.02. The second-order valence-electron chi connectivity index (χ2n) is 3.55. The van der Waals surface area contributed by atoms with Gasteiger partial charge in [0.1, 0.15) is 5.84 Å². The molecule has 1 aliphatic rings. The lowest BCUT2D eigenvalue weighted by molar-refractivity contribution is 0.315. The van der Waals surface area contributed by atoms with E-state index >= 15 is 0 Å². The first-order chi connectivity index (χ1) is 6.70. The van der Waals surface area contributed by atoms with Crippen molar-refractivity contribution in [3.8, 4) is 0 Å². The van der Waals surface area contributed by atoms with E-state index in [1.807, 2.05) is 24.3 Å². The predicted molar refractivity (Wildman–Crippen MR) is 58.5 cm³/mol. The van der Waals surface area contributed by atoms with Gasteiger partial charge in [-0.3, -0.25) is 0 Å². The Morgan fingerprint density at radius 2 is 2.07 bits per heavy atom. The molecule has 4 heteroatoms. The van der Waals surface area contributed by atoms with Crippen molar-refractivity contribution in [2.24, 2.45) is 10.9 Å². The normalized spacial score (nSPS) is 19.4. The Balaban J connectivity index is 2.46. The van der Waals surface area contributed by atoms with Crippen LogP contribution in [0, 0.1) is 0 Å². The number of hydrogen-bond donors (Lipinski definition) is 2. The highest BCUT2D eigenvalue weighted by molar-refractivity contribution is 9.10. The number of halogens is 1. The predicted octanol–water partition coefficient (Wildman–Crippen LogP) is 2.23. The van der Waals surface area contributed by atoms with Crippen LogP contribution in [0.2, 0.25) is 0 Å². The number of benzene rings is 1. The third kappa shape index (κ3) is 1.30. The zero-order valence-electron chi connectivity index (χ0n) is 7.57. The molecule has 14 heavy (non-hydrogen) atoms. The number of rotatable bonds is 2. The minimum atomic E-state index is -0.227. The summed E-state index contributed by atoms with van der Waals surface area (Å²) in [7, 11) is 0. The quantitative estimate of drug-likeness (QED) is 0.368. The third-order valence-corrected chi connectivity index (χ3v) is 3.43. The van der Waals surface area contributed by atoms with E-state index in [9.17, 15) is 0 Å². The maximum atomic E-state index is 8.71. The molecule has 1 aromatic rings. The Bertz CT molecular complexity index is 385. The molecule has 0 unspecified atom stereocenters. The van der Waals surface area contributed by atoms with Crippen LogP contribution in [-0.2, 0) is 5.41 Å². The molecule has 74 valence electrons. The van der Waals surface area contributed by atoms with Crippen molar-refractivity contribution in [3.63, 3.8) is 0 Å². The van der Waals surface area contributed by atoms with Crippen molar-refractivity contribution in [2.75, 3.05) is 0 Å². The Hall–Kier alpha value is -1.03. The minimum Gasteiger partial charge on any atom is -0.409 e. The number of oxime groups is 1. The van der Waals surface area contributed by atoms with Gasteiger partial charge in [0.05, 0.1) is 5.41 Å². The first-order valence-electron chi connectivity index (χ1n) is 4.44. The molecule has 1 aliphatic carbocycles. The van der Waals surface area contributed by atoms with Crippen molar-refractivity contribution in [1.29, 1.82) is 0 Å². The van der Waals surface area contributed by atoms with Crippen molar-refractivity contribution in [1.82, 2.24) is 0 Å². The van der Waals surface area contributed by atoms with E-state index in [-0.39, 0.29) is 5.41 Å². The molecule has 1 aromatic carbocycles. The molecule has 0 aliphatic heterocycles. The maximum absolute atomic E-state index is 8.71. The van der Waals surface area contributed by atoms with Gasteiger partial charge in [0.25, 0.3) is 0 Å². The van der Waals surface area contributed by atoms with Crippen LogP contribution >= 0.6 is 15.9 Å². The van der Waals surface area contributed by atoms with Gasteiger partial charge in [-0.1, -0.05) is 39.3 Å². The molecule has 0 heterocycles. The lowest BCUT2D eigenvalue weighted by Gasteiger charge is -2.15. The van der Waals surface area contributed by atoms with Gasteiger partial charge in [-0.05, 0) is 24.5 Å². The maximum Gasteiger partial charge on any atom is 0.149 e. The van der Waals surface area contributed by atoms with Gasteiger partial charge < -0.3 is 10.9 Å². The van der Waals surface area contributed by atoms with Crippen molar-refractivity contribution < 1.29 is 5.21 Å². The number of hydrogen-bond acceptors (Lipinski definition) is 2. The number of nitrogens with two attached hydrogens (primary N) is 1. The van der Waals surface area contributed by atoms with Crippen LogP contribution in [0.3, 0.4) is 0 Å². The van der Waals surface area contributed by atoms with Gasteiger partial charge >= 0.3 is 0 Å². The topological polar surface area (TPSA) is 58.6 Å². The van der Waals surface area contributed by atoms with Crippen molar-refractivity contribution >= 4 is 21.8 Å². The van der Waals surface area contributed by atoms with E-state index in [1.54, 1.807) is 0 Å². The van der Waals surface area contributed by atoms with Crippen molar-refractivity contribution in [2.45, 2.75) is 18.3 Å². The molecule has 0 atom stereocenters. The van der Waals surface area contributed by atoms with Gasteiger partial charge in [0.2, 0.25) is 0 Å². The van der Waals surface area contributed by atoms with Crippen LogP contribution in [0.1, 0.15) is 18.4 Å². The molecule has 0 amide bonds. The fourth-order valence-electron chi connectivity index (χ4n) is 1.73. The number of amidine groups is 1. The summed E-state index contributed by atoms with van der Waals surface area (Å²) in [5.74, 6) is 0.310. The van der Waals surface area contributed by atoms with Crippen LogP contribution in [0.15, 0.2) is 33.9 Å². The van der Waals surface area contributed by atoms with Crippen molar-refractivity contribution in [3.05, 3.63) is 34.3 Å². The van der Waals surface area contributed by atoms with Crippen LogP contribution in [-0.4, -0.2) is 11.0 Å². The van der Waals surface area contributed by atoms with E-state index in [1.165, 1.54) is 0 Å². The summed E-state index contributed by atoms with van der Waals surface area (Å²) in [5.41, 5.74) is 6.57. The van der Waals surface area contributed by atoms with E-state index in [4.69, 9.17) is 10.9 Å². The van der Waals surface area contributed by atoms with Crippen LogP contribution < -0.4 is 5.73 Å². The standard InChI is InChI=1S/C10H11BrN2O/c11-8-4-2-1-3-7(8)10(5-6-10)9(12)13-14/h1-4,14H,5-6H2,(H2,12,13). The summed E-state index contributed by atoms with van der Waals surface area (Å²) in [6.45, 7) is 0. The van der Waals surface area contributed by atoms with E-state index in [2.05, 4.69) is 21.1 Å². The van der Waals surface area contributed by atoms with E-state index in [0.29, 0.717) is 5.84 Å². The lowest BCUT2D eigenvalue weighted by atomic mass is 9.95. The molecule has 1 fully saturated rings. The average molecular weight is 255 g/mol. The molecular weight excluding hydrogens is 244 g/mol. The van der Waals surface area contributed by atoms with Gasteiger partial charge in [-0.15, -0.1) is 0 Å². The fraction of sp³-hybridized carbons (Fsp3) is 0.300. The summed E-state index contributed by atoms with van der Waals surface area (Å²) in [4.78, 5) is 0. The highest BCUT2D eigenvalue weighted by Crippen LogP contribution is 2.50. The molecular formula is C10H11BrN2O. The largest absolute Gasteiger partial charge is 0.409 e. The first-order valence-corrected chi connectivity index (χ1v) is 5.23. The van der Waals surface area contributed by atoms with Gasteiger partial charge in [0.15, 0.2) is 0 Å².